The number of amides is 1. The van der Waals surface area contributed by atoms with Gasteiger partial charge in [0.2, 0.25) is 5.92 Å². The van der Waals surface area contributed by atoms with Gasteiger partial charge >= 0.3 is 0 Å². The summed E-state index contributed by atoms with van der Waals surface area (Å²) in [5.74, 6) is -8.18. The van der Waals surface area contributed by atoms with Crippen molar-refractivity contribution in [2.45, 2.75) is 62.4 Å². The van der Waals surface area contributed by atoms with Gasteiger partial charge in [0.1, 0.15) is 18.2 Å². The highest BCUT2D eigenvalue weighted by Gasteiger charge is 2.38. The summed E-state index contributed by atoms with van der Waals surface area (Å²) in [5.41, 5.74) is 0.953. The van der Waals surface area contributed by atoms with E-state index in [1.807, 2.05) is 0 Å². The Kier molecular flexibility index (Phi) is 7.37. The molecule has 1 saturated carbocycles. The van der Waals surface area contributed by atoms with Crippen molar-refractivity contribution in [2.24, 2.45) is 0 Å². The number of nitrogens with one attached hydrogen (secondary N) is 1. The molecule has 2 aromatic heterocycles. The number of benzene rings is 1. The molecule has 1 atom stereocenters. The zero-order chi connectivity index (χ0) is 27.8. The van der Waals surface area contributed by atoms with E-state index in [9.17, 15) is 31.1 Å². The molecule has 1 saturated heterocycles. The molecule has 1 aromatic carbocycles. The van der Waals surface area contributed by atoms with Crippen molar-refractivity contribution in [3.05, 3.63) is 77.4 Å². The van der Waals surface area contributed by atoms with E-state index in [-0.39, 0.29) is 60.9 Å². The number of nitrogens with zero attached hydrogens (tertiary/aromatic N) is 2. The predicted molar refractivity (Wildman–Crippen MR) is 131 cm³/mol. The summed E-state index contributed by atoms with van der Waals surface area (Å²) >= 11 is 0. The number of hydrogen-bond donors (Lipinski definition) is 1. The number of anilines is 1. The van der Waals surface area contributed by atoms with E-state index >= 15 is 0 Å². The van der Waals surface area contributed by atoms with Gasteiger partial charge in [0.05, 0.1) is 28.7 Å². The molecular formula is C28H25F6N3O2. The van der Waals surface area contributed by atoms with Crippen LogP contribution >= 0.6 is 0 Å². The largest absolute Gasteiger partial charge is 0.366 e. The molecule has 0 bridgehead atoms. The first kappa shape index (κ1) is 27.1. The predicted octanol–water partition coefficient (Wildman–Crippen LogP) is 7.45. The Morgan fingerprint density at radius 2 is 1.64 bits per heavy atom. The lowest BCUT2D eigenvalue weighted by Crippen LogP contribution is -2.31. The van der Waals surface area contributed by atoms with Crippen molar-refractivity contribution in [1.29, 1.82) is 0 Å². The molecule has 11 heteroatoms. The van der Waals surface area contributed by atoms with Gasteiger partial charge in [-0.1, -0.05) is 0 Å². The number of ether oxygens (including phenoxy) is 1. The van der Waals surface area contributed by atoms with Crippen LogP contribution in [0.1, 0.15) is 72.3 Å². The first-order chi connectivity index (χ1) is 18.5. The topological polar surface area (TPSA) is 64.1 Å². The van der Waals surface area contributed by atoms with Crippen LogP contribution in [-0.4, -0.2) is 34.3 Å². The molecule has 0 radical (unpaired) electrons. The minimum Gasteiger partial charge on any atom is -0.366 e. The maximum atomic E-state index is 14.8. The molecule has 0 spiro atoms. The third-order valence-corrected chi connectivity index (χ3v) is 7.19. The molecule has 1 aliphatic heterocycles. The van der Waals surface area contributed by atoms with E-state index in [1.54, 1.807) is 0 Å². The van der Waals surface area contributed by atoms with Gasteiger partial charge in [-0.05, 0) is 55.7 Å². The van der Waals surface area contributed by atoms with Crippen LogP contribution in [-0.2, 0) is 4.74 Å². The molecule has 5 nitrogen and oxygen atoms in total. The second-order valence-corrected chi connectivity index (χ2v) is 9.99. The average molecular weight is 550 g/mol. The summed E-state index contributed by atoms with van der Waals surface area (Å²) in [4.78, 5) is 21.8. The lowest BCUT2D eigenvalue weighted by molar-refractivity contribution is -0.146. The molecule has 2 fully saturated rings. The van der Waals surface area contributed by atoms with Crippen molar-refractivity contribution in [1.82, 2.24) is 9.97 Å². The Hall–Kier alpha value is -3.47. The van der Waals surface area contributed by atoms with Crippen LogP contribution in [0.3, 0.4) is 0 Å². The Balaban J connectivity index is 1.45. The number of pyridine rings is 2. The van der Waals surface area contributed by atoms with E-state index in [2.05, 4.69) is 15.3 Å². The normalized spacial score (nSPS) is 20.9. The molecule has 206 valence electrons. The summed E-state index contributed by atoms with van der Waals surface area (Å²) in [7, 11) is 0. The quantitative estimate of drug-likeness (QED) is 0.336. The number of alkyl halides is 4. The van der Waals surface area contributed by atoms with Crippen LogP contribution in [0.4, 0.5) is 32.0 Å². The lowest BCUT2D eigenvalue weighted by Gasteiger charge is -2.29. The van der Waals surface area contributed by atoms with Crippen LogP contribution in [0.25, 0.3) is 11.1 Å². The first-order valence-corrected chi connectivity index (χ1v) is 12.6. The van der Waals surface area contributed by atoms with Crippen LogP contribution in [0, 0.1) is 11.6 Å². The van der Waals surface area contributed by atoms with Gasteiger partial charge in [0.15, 0.2) is 0 Å². The van der Waals surface area contributed by atoms with Crippen molar-refractivity contribution < 1.29 is 35.9 Å². The smallest absolute Gasteiger partial charge is 0.271 e. The van der Waals surface area contributed by atoms with Crippen LogP contribution in [0.15, 0.2) is 48.8 Å². The standard InChI is InChI=1S/C28H25F6N3O2/c29-18-2-3-21(30)20(13-18)19-8-12-35-24(16-5-9-27(31,32)10-6-16)25(19)37-26(38)17-1-4-22(36-14-17)23-7-11-28(33,34)15-39-23/h1-4,8,12-14,16,23H,5-7,9-11,15H2,(H,37,38)/t23-/m1/s1. The molecular weight excluding hydrogens is 524 g/mol. The van der Waals surface area contributed by atoms with E-state index in [4.69, 9.17) is 4.74 Å². The van der Waals surface area contributed by atoms with Gasteiger partial charge < -0.3 is 10.1 Å². The van der Waals surface area contributed by atoms with Gasteiger partial charge in [-0.2, -0.15) is 0 Å². The van der Waals surface area contributed by atoms with E-state index in [1.165, 1.54) is 30.6 Å². The maximum absolute atomic E-state index is 14.8. The zero-order valence-corrected chi connectivity index (χ0v) is 20.7. The molecule has 1 amide bonds. The molecule has 3 aromatic rings. The fourth-order valence-electron chi connectivity index (χ4n) is 5.03. The van der Waals surface area contributed by atoms with Gasteiger partial charge in [0, 0.05) is 48.7 Å². The highest BCUT2D eigenvalue weighted by Crippen LogP contribution is 2.44. The molecule has 5 rings (SSSR count). The number of hydrogen-bond acceptors (Lipinski definition) is 4. The highest BCUT2D eigenvalue weighted by atomic mass is 19.3. The summed E-state index contributed by atoms with van der Waals surface area (Å²) in [6, 6.07) is 7.29. The Morgan fingerprint density at radius 1 is 0.897 bits per heavy atom. The van der Waals surface area contributed by atoms with Crippen molar-refractivity contribution in [3.63, 3.8) is 0 Å². The van der Waals surface area contributed by atoms with Crippen molar-refractivity contribution in [2.75, 3.05) is 11.9 Å². The van der Waals surface area contributed by atoms with E-state index < -0.39 is 48.0 Å². The van der Waals surface area contributed by atoms with Crippen molar-refractivity contribution >= 4 is 11.6 Å². The number of aromatic nitrogens is 2. The fourth-order valence-corrected chi connectivity index (χ4v) is 5.03. The maximum Gasteiger partial charge on any atom is 0.271 e. The number of rotatable bonds is 5. The van der Waals surface area contributed by atoms with Crippen LogP contribution in [0.5, 0.6) is 0 Å². The summed E-state index contributed by atoms with van der Waals surface area (Å²) in [5, 5.41) is 2.72. The van der Waals surface area contributed by atoms with Crippen molar-refractivity contribution in [3.8, 4) is 11.1 Å². The summed E-state index contributed by atoms with van der Waals surface area (Å²) < 4.78 is 88.5. The Bertz CT molecular complexity index is 1350. The van der Waals surface area contributed by atoms with Gasteiger partial charge in [-0.15, -0.1) is 0 Å². The minimum absolute atomic E-state index is 0.0770. The Morgan fingerprint density at radius 3 is 2.31 bits per heavy atom. The first-order valence-electron chi connectivity index (χ1n) is 12.6. The lowest BCUT2D eigenvalue weighted by atomic mass is 9.83. The summed E-state index contributed by atoms with van der Waals surface area (Å²) in [6.45, 7) is -0.710. The molecule has 1 N–H and O–H groups in total. The number of carbonyl (C=O) groups is 1. The van der Waals surface area contributed by atoms with Crippen LogP contribution in [0.2, 0.25) is 0 Å². The Labute approximate surface area is 220 Å². The minimum atomic E-state index is -2.88. The van der Waals surface area contributed by atoms with Crippen LogP contribution < -0.4 is 5.32 Å². The SMILES string of the molecule is O=C(Nc1c(-c2cc(F)ccc2F)ccnc1C1CCC(F)(F)CC1)c1ccc([C@H]2CCC(F)(F)CO2)nc1. The third kappa shape index (κ3) is 6.08. The fraction of sp³-hybridized carbons (Fsp3) is 0.393. The second-order valence-electron chi connectivity index (χ2n) is 9.99. The molecule has 1 aliphatic carbocycles. The molecule has 2 aliphatic rings. The molecule has 0 unspecified atom stereocenters. The average Bonchev–Trinajstić information content (AvgIpc) is 2.90. The van der Waals surface area contributed by atoms with Gasteiger partial charge in [-0.25, -0.2) is 26.3 Å². The second kappa shape index (κ2) is 10.6. The van der Waals surface area contributed by atoms with Gasteiger partial charge in [0.25, 0.3) is 11.8 Å². The van der Waals surface area contributed by atoms with Gasteiger partial charge in [-0.3, -0.25) is 14.8 Å². The molecule has 39 heavy (non-hydrogen) atoms. The van der Waals surface area contributed by atoms with E-state index in [0.29, 0.717) is 11.4 Å². The third-order valence-electron chi connectivity index (χ3n) is 7.19. The monoisotopic (exact) mass is 549 g/mol. The highest BCUT2D eigenvalue weighted by molar-refractivity contribution is 6.06. The molecule has 3 heterocycles. The summed E-state index contributed by atoms with van der Waals surface area (Å²) in [6.07, 6.45) is 1.26. The van der Waals surface area contributed by atoms with E-state index in [0.717, 1.165) is 18.2 Å². The zero-order valence-electron chi connectivity index (χ0n) is 20.7. The number of halogens is 6. The number of carbonyl (C=O) groups excluding carboxylic acids is 1.